The Balaban J connectivity index is 1.35. The van der Waals surface area contributed by atoms with Crippen LogP contribution in [0.15, 0.2) is 60.7 Å². The van der Waals surface area contributed by atoms with Gasteiger partial charge in [0.25, 0.3) is 5.91 Å². The summed E-state index contributed by atoms with van der Waals surface area (Å²) in [5, 5.41) is 12.2. The van der Waals surface area contributed by atoms with Crippen LogP contribution in [0.2, 0.25) is 0 Å². The molecule has 1 atom stereocenters. The van der Waals surface area contributed by atoms with Crippen molar-refractivity contribution < 1.29 is 13.9 Å². The van der Waals surface area contributed by atoms with E-state index in [1.54, 1.807) is 12.1 Å². The highest BCUT2D eigenvalue weighted by Gasteiger charge is 2.47. The lowest BCUT2D eigenvalue weighted by Gasteiger charge is -2.27. The van der Waals surface area contributed by atoms with Gasteiger partial charge in [0, 0.05) is 16.8 Å². The van der Waals surface area contributed by atoms with Crippen LogP contribution < -0.4 is 10.1 Å². The molecule has 3 aromatic rings. The second-order valence-electron chi connectivity index (χ2n) is 8.41. The fourth-order valence-electron chi connectivity index (χ4n) is 4.27. The van der Waals surface area contributed by atoms with Gasteiger partial charge in [-0.1, -0.05) is 12.1 Å². The zero-order valence-corrected chi connectivity index (χ0v) is 17.5. The lowest BCUT2D eigenvalue weighted by Crippen LogP contribution is -2.36. The van der Waals surface area contributed by atoms with E-state index < -0.39 is 5.54 Å². The van der Waals surface area contributed by atoms with Gasteiger partial charge in [-0.3, -0.25) is 9.78 Å². The number of carbonyl (C=O) groups is 1. The number of benzene rings is 2. The first-order chi connectivity index (χ1) is 15.6. The minimum atomic E-state index is -0.463. The number of hydrogen-bond acceptors (Lipinski definition) is 4. The van der Waals surface area contributed by atoms with E-state index in [0.717, 1.165) is 49.1 Å². The molecule has 0 saturated heterocycles. The van der Waals surface area contributed by atoms with E-state index in [2.05, 4.69) is 17.5 Å². The van der Waals surface area contributed by atoms with Gasteiger partial charge in [-0.05, 0) is 80.6 Å². The summed E-state index contributed by atoms with van der Waals surface area (Å²) in [7, 11) is 0. The van der Waals surface area contributed by atoms with Crippen molar-refractivity contribution in [1.82, 2.24) is 10.3 Å². The summed E-state index contributed by atoms with van der Waals surface area (Å²) >= 11 is 0. The first-order valence-corrected chi connectivity index (χ1v) is 10.8. The first kappa shape index (κ1) is 20.2. The lowest BCUT2D eigenvalue weighted by molar-refractivity contribution is 0.0929. The van der Waals surface area contributed by atoms with Crippen molar-refractivity contribution in [3.05, 3.63) is 94.6 Å². The van der Waals surface area contributed by atoms with Gasteiger partial charge in [-0.25, -0.2) is 4.39 Å². The number of amides is 1. The minimum Gasteiger partial charge on any atom is -0.486 e. The maximum atomic E-state index is 13.2. The van der Waals surface area contributed by atoms with Crippen molar-refractivity contribution in [2.45, 2.75) is 43.7 Å². The van der Waals surface area contributed by atoms with Crippen LogP contribution in [0.4, 0.5) is 4.39 Å². The van der Waals surface area contributed by atoms with E-state index >= 15 is 0 Å². The number of aryl methyl sites for hydroxylation is 1. The molecule has 1 amide bonds. The molecule has 32 heavy (non-hydrogen) atoms. The molecule has 1 heterocycles. The predicted octanol–water partition coefficient (Wildman–Crippen LogP) is 4.97. The van der Waals surface area contributed by atoms with Gasteiger partial charge < -0.3 is 10.1 Å². The molecule has 0 spiro atoms. The summed E-state index contributed by atoms with van der Waals surface area (Å²) in [6.45, 7) is 0. The molecule has 1 aromatic heterocycles. The molecule has 2 aromatic carbocycles. The van der Waals surface area contributed by atoms with Crippen molar-refractivity contribution in [1.29, 1.82) is 5.26 Å². The molecule has 160 valence electrons. The van der Waals surface area contributed by atoms with Gasteiger partial charge in [0.15, 0.2) is 0 Å². The Morgan fingerprint density at radius 1 is 1.16 bits per heavy atom. The topological polar surface area (TPSA) is 75.0 Å². The number of nitriles is 1. The summed E-state index contributed by atoms with van der Waals surface area (Å²) in [5.74, 6) is 0.0898. The smallest absolute Gasteiger partial charge is 0.252 e. The van der Waals surface area contributed by atoms with Crippen LogP contribution in [0.1, 0.15) is 64.7 Å². The molecule has 1 N–H and O–H groups in total. The Kier molecular flexibility index (Phi) is 5.10. The number of rotatable bonds is 5. The Morgan fingerprint density at radius 3 is 2.72 bits per heavy atom. The standard InChI is InChI=1S/C26H22FN3O2/c27-19-9-7-18(8-10-19)25(31)30-26(13-14-26)24-12-11-21-22(29-24)5-2-6-23(21)32-20-4-1-3-17(15-20)16-28/h1,3-4,7-12,15,23H,2,5-6,13-14H2,(H,30,31)/t23-/m1/s1. The SMILES string of the molecule is N#Cc1cccc(O[C@@H]2CCCc3nc(C4(NC(=O)c5ccc(F)cc5)CC4)ccc32)c1. The van der Waals surface area contributed by atoms with Gasteiger partial charge in [0.05, 0.1) is 22.9 Å². The van der Waals surface area contributed by atoms with Crippen molar-refractivity contribution in [2.75, 3.05) is 0 Å². The lowest BCUT2D eigenvalue weighted by atomic mass is 9.92. The molecule has 1 saturated carbocycles. The summed E-state index contributed by atoms with van der Waals surface area (Å²) in [4.78, 5) is 17.6. The zero-order chi connectivity index (χ0) is 22.1. The van der Waals surface area contributed by atoms with Crippen molar-refractivity contribution in [3.8, 4) is 11.8 Å². The van der Waals surface area contributed by atoms with Crippen LogP contribution in [-0.2, 0) is 12.0 Å². The summed E-state index contributed by atoms with van der Waals surface area (Å²) < 4.78 is 19.4. The molecule has 0 unspecified atom stereocenters. The van der Waals surface area contributed by atoms with Gasteiger partial charge in [0.2, 0.25) is 0 Å². The van der Waals surface area contributed by atoms with Gasteiger partial charge in [0.1, 0.15) is 17.7 Å². The van der Waals surface area contributed by atoms with Crippen LogP contribution in [0.5, 0.6) is 5.75 Å². The van der Waals surface area contributed by atoms with Crippen LogP contribution >= 0.6 is 0 Å². The Labute approximate surface area is 185 Å². The molecule has 6 heteroatoms. The number of halogens is 1. The number of carbonyl (C=O) groups excluding carboxylic acids is 1. The van der Waals surface area contributed by atoms with Gasteiger partial charge in [-0.2, -0.15) is 5.26 Å². The number of hydrogen-bond donors (Lipinski definition) is 1. The first-order valence-electron chi connectivity index (χ1n) is 10.8. The van der Waals surface area contributed by atoms with E-state index in [1.165, 1.54) is 24.3 Å². The molecule has 5 nitrogen and oxygen atoms in total. The van der Waals surface area contributed by atoms with Crippen LogP contribution in [0.25, 0.3) is 0 Å². The van der Waals surface area contributed by atoms with E-state index in [1.807, 2.05) is 18.2 Å². The average Bonchev–Trinajstić information content (AvgIpc) is 3.60. The van der Waals surface area contributed by atoms with Gasteiger partial charge >= 0.3 is 0 Å². The number of fused-ring (bicyclic) bond motifs is 1. The molecule has 0 radical (unpaired) electrons. The third kappa shape index (κ3) is 3.94. The monoisotopic (exact) mass is 427 g/mol. The molecular weight excluding hydrogens is 405 g/mol. The Bertz CT molecular complexity index is 1210. The van der Waals surface area contributed by atoms with Crippen LogP contribution in [0, 0.1) is 17.1 Å². The Hall–Kier alpha value is -3.72. The average molecular weight is 427 g/mol. The largest absolute Gasteiger partial charge is 0.486 e. The second-order valence-corrected chi connectivity index (χ2v) is 8.41. The fourth-order valence-corrected chi connectivity index (χ4v) is 4.27. The number of pyridine rings is 1. The second kappa shape index (κ2) is 8.08. The molecule has 5 rings (SSSR count). The molecular formula is C26H22FN3O2. The highest BCUT2D eigenvalue weighted by Crippen LogP contribution is 2.46. The summed E-state index contributed by atoms with van der Waals surface area (Å²) in [5.41, 5.74) is 3.46. The Morgan fingerprint density at radius 2 is 1.97 bits per heavy atom. The van der Waals surface area contributed by atoms with E-state index in [4.69, 9.17) is 15.0 Å². The normalized spacial score (nSPS) is 18.2. The third-order valence-corrected chi connectivity index (χ3v) is 6.18. The predicted molar refractivity (Wildman–Crippen MR) is 116 cm³/mol. The minimum absolute atomic E-state index is 0.113. The number of nitrogens with one attached hydrogen (secondary N) is 1. The molecule has 1 fully saturated rings. The van der Waals surface area contributed by atoms with Crippen molar-refractivity contribution >= 4 is 5.91 Å². The third-order valence-electron chi connectivity index (χ3n) is 6.18. The van der Waals surface area contributed by atoms with Crippen molar-refractivity contribution in [2.24, 2.45) is 0 Å². The summed E-state index contributed by atoms with van der Waals surface area (Å²) in [6, 6.07) is 18.9. The van der Waals surface area contributed by atoms with Gasteiger partial charge in [-0.15, -0.1) is 0 Å². The number of aromatic nitrogens is 1. The number of ether oxygens (including phenoxy) is 1. The zero-order valence-electron chi connectivity index (χ0n) is 17.5. The summed E-state index contributed by atoms with van der Waals surface area (Å²) in [6.07, 6.45) is 4.25. The fraction of sp³-hybridized carbons (Fsp3) is 0.269. The van der Waals surface area contributed by atoms with E-state index in [-0.39, 0.29) is 17.8 Å². The highest BCUT2D eigenvalue weighted by molar-refractivity contribution is 5.95. The quantitative estimate of drug-likeness (QED) is 0.624. The van der Waals surface area contributed by atoms with Crippen LogP contribution in [0.3, 0.4) is 0 Å². The molecule has 0 bridgehead atoms. The van der Waals surface area contributed by atoms with Crippen LogP contribution in [-0.4, -0.2) is 10.9 Å². The molecule has 2 aliphatic carbocycles. The maximum Gasteiger partial charge on any atom is 0.252 e. The van der Waals surface area contributed by atoms with Crippen molar-refractivity contribution in [3.63, 3.8) is 0 Å². The molecule has 0 aliphatic heterocycles. The molecule has 2 aliphatic rings. The maximum absolute atomic E-state index is 13.2. The number of nitrogens with zero attached hydrogens (tertiary/aromatic N) is 2. The van der Waals surface area contributed by atoms with E-state index in [0.29, 0.717) is 16.9 Å². The van der Waals surface area contributed by atoms with E-state index in [9.17, 15) is 9.18 Å². The highest BCUT2D eigenvalue weighted by atomic mass is 19.1.